The summed E-state index contributed by atoms with van der Waals surface area (Å²) < 4.78 is 34.2. The molecule has 4 rings (SSSR count). The van der Waals surface area contributed by atoms with Crippen molar-refractivity contribution in [1.29, 1.82) is 0 Å². The largest absolute Gasteiger partial charge is 0.507 e. The summed E-state index contributed by atoms with van der Waals surface area (Å²) >= 11 is 0. The van der Waals surface area contributed by atoms with Crippen LogP contribution in [0.5, 0.6) is 11.5 Å². The van der Waals surface area contributed by atoms with Gasteiger partial charge in [-0.2, -0.15) is 0 Å². The molecule has 1 aliphatic heterocycles. The van der Waals surface area contributed by atoms with Crippen molar-refractivity contribution >= 4 is 33.2 Å². The average molecular weight is 523 g/mol. The fourth-order valence-corrected chi connectivity index (χ4v) is 5.06. The Morgan fingerprint density at radius 3 is 2.11 bits per heavy atom. The van der Waals surface area contributed by atoms with Crippen LogP contribution in [0.25, 0.3) is 5.76 Å². The molecule has 1 aliphatic rings. The quantitative estimate of drug-likeness (QED) is 0.287. The molecule has 0 aromatic heterocycles. The van der Waals surface area contributed by atoms with Crippen LogP contribution in [0.2, 0.25) is 0 Å². The lowest BCUT2D eigenvalue weighted by molar-refractivity contribution is -0.132. The van der Waals surface area contributed by atoms with E-state index in [2.05, 4.69) is 0 Å². The third-order valence-corrected chi connectivity index (χ3v) is 7.13. The Morgan fingerprint density at radius 2 is 1.57 bits per heavy atom. The summed E-state index contributed by atoms with van der Waals surface area (Å²) in [5.41, 5.74) is 2.50. The molecule has 1 saturated heterocycles. The van der Waals surface area contributed by atoms with Gasteiger partial charge in [0, 0.05) is 5.69 Å². The molecular formula is C27H26N2O7S. The summed E-state index contributed by atoms with van der Waals surface area (Å²) in [5.74, 6) is -1.22. The van der Waals surface area contributed by atoms with Gasteiger partial charge >= 0.3 is 0 Å². The normalized spacial score (nSPS) is 17.2. The van der Waals surface area contributed by atoms with E-state index in [1.165, 1.54) is 43.4 Å². The van der Waals surface area contributed by atoms with E-state index in [9.17, 15) is 23.1 Å². The SMILES string of the molecule is COc1ccc(C2/C(=C(\O)c3cc(C)cc(C)c3OC)C(=O)C(=O)N2c2ccc(S(N)(=O)=O)cc2)cc1. The van der Waals surface area contributed by atoms with E-state index in [4.69, 9.17) is 14.6 Å². The summed E-state index contributed by atoms with van der Waals surface area (Å²) in [6, 6.07) is 14.6. The first kappa shape index (κ1) is 25.9. The highest BCUT2D eigenvalue weighted by atomic mass is 32.2. The van der Waals surface area contributed by atoms with Crippen LogP contribution in [0, 0.1) is 13.8 Å². The number of sulfonamides is 1. The molecule has 1 fully saturated rings. The van der Waals surface area contributed by atoms with Gasteiger partial charge < -0.3 is 14.6 Å². The Labute approximate surface area is 214 Å². The molecule has 0 saturated carbocycles. The minimum atomic E-state index is -3.96. The number of aliphatic hydroxyl groups is 1. The molecule has 10 heteroatoms. The Bertz CT molecular complexity index is 1530. The predicted octanol–water partition coefficient (Wildman–Crippen LogP) is 3.59. The number of primary sulfonamides is 1. The molecule has 9 nitrogen and oxygen atoms in total. The van der Waals surface area contributed by atoms with E-state index in [0.29, 0.717) is 17.1 Å². The van der Waals surface area contributed by atoms with Crippen LogP contribution < -0.4 is 19.5 Å². The number of amides is 1. The van der Waals surface area contributed by atoms with Crippen LogP contribution in [0.1, 0.15) is 28.3 Å². The van der Waals surface area contributed by atoms with Crippen LogP contribution in [0.3, 0.4) is 0 Å². The third-order valence-electron chi connectivity index (χ3n) is 6.20. The molecule has 1 unspecified atom stereocenters. The molecule has 0 spiro atoms. The van der Waals surface area contributed by atoms with Crippen LogP contribution >= 0.6 is 0 Å². The number of carbonyl (C=O) groups excluding carboxylic acids is 2. The number of methoxy groups -OCH3 is 2. The Hall–Kier alpha value is -4.15. The van der Waals surface area contributed by atoms with E-state index in [-0.39, 0.29) is 27.5 Å². The lowest BCUT2D eigenvalue weighted by atomic mass is 9.93. The highest BCUT2D eigenvalue weighted by molar-refractivity contribution is 7.89. The van der Waals surface area contributed by atoms with Crippen molar-refractivity contribution in [3.05, 3.63) is 88.5 Å². The number of hydrogen-bond donors (Lipinski definition) is 2. The van der Waals surface area contributed by atoms with Crippen LogP contribution in [-0.2, 0) is 19.6 Å². The number of ether oxygens (including phenoxy) is 2. The van der Waals surface area contributed by atoms with E-state index < -0.39 is 27.8 Å². The second kappa shape index (κ2) is 9.72. The predicted molar refractivity (Wildman–Crippen MR) is 138 cm³/mol. The maximum absolute atomic E-state index is 13.4. The van der Waals surface area contributed by atoms with Gasteiger partial charge in [0.2, 0.25) is 10.0 Å². The number of hydrogen-bond acceptors (Lipinski definition) is 7. The lowest BCUT2D eigenvalue weighted by Gasteiger charge is -2.26. The molecule has 3 aromatic rings. The van der Waals surface area contributed by atoms with Gasteiger partial charge in [-0.3, -0.25) is 14.5 Å². The number of nitrogens with zero attached hydrogens (tertiary/aromatic N) is 1. The topological polar surface area (TPSA) is 136 Å². The van der Waals surface area contributed by atoms with Gasteiger partial charge in [-0.1, -0.05) is 18.2 Å². The van der Waals surface area contributed by atoms with Crippen molar-refractivity contribution in [2.24, 2.45) is 5.14 Å². The fourth-order valence-electron chi connectivity index (χ4n) is 4.54. The summed E-state index contributed by atoms with van der Waals surface area (Å²) in [5, 5.41) is 16.7. The second-order valence-corrected chi connectivity index (χ2v) is 10.2. The van der Waals surface area contributed by atoms with Crippen molar-refractivity contribution in [2.45, 2.75) is 24.8 Å². The first-order valence-electron chi connectivity index (χ1n) is 11.2. The summed E-state index contributed by atoms with van der Waals surface area (Å²) in [7, 11) is -0.991. The fraction of sp³-hybridized carbons (Fsp3) is 0.185. The molecule has 3 N–H and O–H groups in total. The zero-order chi connectivity index (χ0) is 27.1. The molecule has 37 heavy (non-hydrogen) atoms. The number of carbonyl (C=O) groups is 2. The Balaban J connectivity index is 1.97. The number of aliphatic hydroxyl groups excluding tert-OH is 1. The first-order valence-corrected chi connectivity index (χ1v) is 12.8. The number of Topliss-reactive ketones (excluding diaryl/α,β-unsaturated/α-hetero) is 1. The van der Waals surface area contributed by atoms with Gasteiger partial charge in [-0.05, 0) is 73.0 Å². The Morgan fingerprint density at radius 1 is 0.946 bits per heavy atom. The number of rotatable bonds is 6. The number of aryl methyl sites for hydroxylation is 2. The molecule has 192 valence electrons. The van der Waals surface area contributed by atoms with Crippen molar-refractivity contribution in [2.75, 3.05) is 19.1 Å². The standard InChI is InChI=1S/C27H26N2O7S/c1-15-13-16(2)26(36-4)21(14-15)24(30)22-23(17-5-9-19(35-3)10-6-17)29(27(32)25(22)31)18-7-11-20(12-8-18)37(28,33)34/h5-14,23,30H,1-4H3,(H2,28,33,34)/b24-22+. The van der Waals surface area contributed by atoms with E-state index in [0.717, 1.165) is 11.1 Å². The zero-order valence-electron chi connectivity index (χ0n) is 20.7. The van der Waals surface area contributed by atoms with E-state index in [1.807, 2.05) is 19.9 Å². The lowest BCUT2D eigenvalue weighted by Crippen LogP contribution is -2.29. The van der Waals surface area contributed by atoms with Crippen molar-refractivity contribution < 1.29 is 32.6 Å². The molecule has 0 bridgehead atoms. The maximum Gasteiger partial charge on any atom is 0.300 e. The van der Waals surface area contributed by atoms with Crippen molar-refractivity contribution in [3.63, 3.8) is 0 Å². The smallest absolute Gasteiger partial charge is 0.300 e. The average Bonchev–Trinajstić information content (AvgIpc) is 3.13. The number of anilines is 1. The second-order valence-electron chi connectivity index (χ2n) is 8.64. The van der Waals surface area contributed by atoms with Gasteiger partial charge in [-0.25, -0.2) is 13.6 Å². The van der Waals surface area contributed by atoms with Crippen molar-refractivity contribution in [3.8, 4) is 11.5 Å². The number of nitrogens with two attached hydrogens (primary N) is 1. The third kappa shape index (κ3) is 4.68. The molecule has 0 radical (unpaired) electrons. The van der Waals surface area contributed by atoms with Gasteiger partial charge in [-0.15, -0.1) is 0 Å². The molecule has 1 amide bonds. The van der Waals surface area contributed by atoms with Gasteiger partial charge in [0.25, 0.3) is 11.7 Å². The summed E-state index contributed by atoms with van der Waals surface area (Å²) in [6.07, 6.45) is 0. The number of ketones is 1. The first-order chi connectivity index (χ1) is 17.5. The molecular weight excluding hydrogens is 496 g/mol. The van der Waals surface area contributed by atoms with Crippen LogP contribution in [0.15, 0.2) is 71.1 Å². The summed E-state index contributed by atoms with van der Waals surface area (Å²) in [4.78, 5) is 27.9. The minimum absolute atomic E-state index is 0.131. The van der Waals surface area contributed by atoms with Gasteiger partial charge in [0.05, 0.1) is 36.3 Å². The van der Waals surface area contributed by atoms with Gasteiger partial charge in [0.1, 0.15) is 17.3 Å². The highest BCUT2D eigenvalue weighted by Crippen LogP contribution is 2.44. The molecule has 0 aliphatic carbocycles. The monoisotopic (exact) mass is 522 g/mol. The molecule has 3 aromatic carbocycles. The van der Waals surface area contributed by atoms with Crippen LogP contribution in [-0.4, -0.2) is 39.4 Å². The number of benzene rings is 3. The molecule has 1 atom stereocenters. The summed E-state index contributed by atoms with van der Waals surface area (Å²) in [6.45, 7) is 3.66. The maximum atomic E-state index is 13.4. The van der Waals surface area contributed by atoms with E-state index in [1.54, 1.807) is 30.3 Å². The molecule has 1 heterocycles. The van der Waals surface area contributed by atoms with Crippen LogP contribution in [0.4, 0.5) is 5.69 Å². The van der Waals surface area contributed by atoms with Gasteiger partial charge in [0.15, 0.2) is 0 Å². The minimum Gasteiger partial charge on any atom is -0.507 e. The Kier molecular flexibility index (Phi) is 6.81. The van der Waals surface area contributed by atoms with Crippen molar-refractivity contribution in [1.82, 2.24) is 0 Å². The zero-order valence-corrected chi connectivity index (χ0v) is 21.5. The van der Waals surface area contributed by atoms with E-state index >= 15 is 0 Å². The highest BCUT2D eigenvalue weighted by Gasteiger charge is 2.47.